The molecule has 0 bridgehead atoms. The Morgan fingerprint density at radius 1 is 1.12 bits per heavy atom. The molecule has 2 nitrogen and oxygen atoms in total. The fraction of sp³-hybridized carbons (Fsp3) is 1.00. The van der Waals surface area contributed by atoms with Gasteiger partial charge in [-0.05, 0) is 57.0 Å². The van der Waals surface area contributed by atoms with Crippen molar-refractivity contribution in [3.63, 3.8) is 0 Å². The molecule has 0 saturated heterocycles. The highest BCUT2D eigenvalue weighted by atomic mass is 15.0. The molecule has 1 fully saturated rings. The van der Waals surface area contributed by atoms with Gasteiger partial charge in [-0.1, -0.05) is 27.2 Å². The van der Waals surface area contributed by atoms with E-state index in [0.29, 0.717) is 11.0 Å². The van der Waals surface area contributed by atoms with Crippen LogP contribution in [0.5, 0.6) is 0 Å². The highest BCUT2D eigenvalue weighted by Crippen LogP contribution is 2.42. The first kappa shape index (κ1) is 14.0. The molecule has 0 amide bonds. The Morgan fingerprint density at radius 3 is 2.00 bits per heavy atom. The summed E-state index contributed by atoms with van der Waals surface area (Å²) < 4.78 is 0. The van der Waals surface area contributed by atoms with Gasteiger partial charge in [0.1, 0.15) is 0 Å². The van der Waals surface area contributed by atoms with Crippen LogP contribution in [0.2, 0.25) is 0 Å². The molecule has 0 aromatic heterocycles. The summed E-state index contributed by atoms with van der Waals surface area (Å²) in [4.78, 5) is 0. The van der Waals surface area contributed by atoms with E-state index in [2.05, 4.69) is 26.1 Å². The van der Waals surface area contributed by atoms with E-state index in [9.17, 15) is 0 Å². The lowest BCUT2D eigenvalue weighted by molar-refractivity contribution is 0.123. The average Bonchev–Trinajstić information content (AvgIpc) is 2.29. The smallest absolute Gasteiger partial charge is 0.0173 e. The highest BCUT2D eigenvalue weighted by molar-refractivity contribution is 4.91. The molecule has 0 aromatic rings. The van der Waals surface area contributed by atoms with Crippen LogP contribution in [0, 0.1) is 5.41 Å². The molecule has 0 heterocycles. The molecular weight excluding hydrogens is 196 g/mol. The van der Waals surface area contributed by atoms with Gasteiger partial charge >= 0.3 is 0 Å². The Hall–Kier alpha value is -0.0800. The molecule has 0 atom stereocenters. The Bertz CT molecular complexity index is 179. The first-order chi connectivity index (χ1) is 7.66. The van der Waals surface area contributed by atoms with Crippen molar-refractivity contribution in [2.75, 3.05) is 13.1 Å². The number of nitrogens with one attached hydrogen (secondary N) is 1. The predicted molar refractivity (Wildman–Crippen MR) is 71.6 cm³/mol. The number of hydrogen-bond acceptors (Lipinski definition) is 2. The van der Waals surface area contributed by atoms with E-state index in [-0.39, 0.29) is 0 Å². The normalized spacial score (nSPS) is 19.5. The molecule has 1 aliphatic rings. The van der Waals surface area contributed by atoms with Crippen LogP contribution >= 0.6 is 0 Å². The fourth-order valence-corrected chi connectivity index (χ4v) is 2.95. The van der Waals surface area contributed by atoms with E-state index >= 15 is 0 Å². The lowest BCUT2D eigenvalue weighted by Crippen LogP contribution is -2.47. The van der Waals surface area contributed by atoms with Crippen LogP contribution in [0.1, 0.15) is 65.7 Å². The first-order valence-corrected chi connectivity index (χ1v) is 7.11. The quantitative estimate of drug-likeness (QED) is 0.667. The van der Waals surface area contributed by atoms with Gasteiger partial charge in [-0.15, -0.1) is 0 Å². The summed E-state index contributed by atoms with van der Waals surface area (Å²) >= 11 is 0. The molecule has 1 saturated carbocycles. The monoisotopic (exact) mass is 226 g/mol. The third-order valence-electron chi connectivity index (χ3n) is 5.03. The van der Waals surface area contributed by atoms with E-state index in [4.69, 9.17) is 5.73 Å². The maximum atomic E-state index is 5.89. The zero-order valence-electron chi connectivity index (χ0n) is 11.4. The van der Waals surface area contributed by atoms with Gasteiger partial charge in [0.25, 0.3) is 0 Å². The molecule has 1 rings (SSSR count). The Labute approximate surface area is 101 Å². The summed E-state index contributed by atoms with van der Waals surface area (Å²) in [6, 6.07) is 0. The van der Waals surface area contributed by atoms with Gasteiger partial charge in [-0.3, -0.25) is 0 Å². The van der Waals surface area contributed by atoms with Crippen LogP contribution in [0.15, 0.2) is 0 Å². The molecule has 1 aliphatic carbocycles. The van der Waals surface area contributed by atoms with Crippen molar-refractivity contribution in [1.82, 2.24) is 5.32 Å². The van der Waals surface area contributed by atoms with E-state index in [1.54, 1.807) is 0 Å². The lowest BCUT2D eigenvalue weighted by Gasteiger charge is -2.42. The van der Waals surface area contributed by atoms with Gasteiger partial charge in [0, 0.05) is 5.54 Å². The molecule has 0 aliphatic heterocycles. The number of rotatable bonds is 8. The zero-order valence-corrected chi connectivity index (χ0v) is 11.4. The molecule has 0 spiro atoms. The molecule has 0 unspecified atom stereocenters. The second-order valence-corrected chi connectivity index (χ2v) is 5.58. The minimum atomic E-state index is 0.375. The van der Waals surface area contributed by atoms with Crippen LogP contribution in [0.25, 0.3) is 0 Å². The van der Waals surface area contributed by atoms with Crippen molar-refractivity contribution in [3.8, 4) is 0 Å². The fourth-order valence-electron chi connectivity index (χ4n) is 2.95. The molecule has 2 heteroatoms. The van der Waals surface area contributed by atoms with E-state index in [0.717, 1.165) is 13.1 Å². The summed E-state index contributed by atoms with van der Waals surface area (Å²) in [6.07, 6.45) is 9.05. The molecular formula is C14H30N2. The number of hydrogen-bond donors (Lipinski definition) is 2. The molecule has 96 valence electrons. The summed E-state index contributed by atoms with van der Waals surface area (Å²) in [5.74, 6) is 0. The molecule has 0 aromatic carbocycles. The highest BCUT2D eigenvalue weighted by Gasteiger charge is 2.35. The largest absolute Gasteiger partial charge is 0.330 e. The topological polar surface area (TPSA) is 38.0 Å². The lowest BCUT2D eigenvalue weighted by atomic mass is 9.66. The SMILES string of the molecule is CCC(CC)(CC)NCCC1(CN)CCC1. The Balaban J connectivity index is 2.32. The van der Waals surface area contributed by atoms with Crippen molar-refractivity contribution >= 4 is 0 Å². The van der Waals surface area contributed by atoms with E-state index < -0.39 is 0 Å². The third-order valence-corrected chi connectivity index (χ3v) is 5.03. The van der Waals surface area contributed by atoms with Crippen LogP contribution in [-0.2, 0) is 0 Å². The summed E-state index contributed by atoms with van der Waals surface area (Å²) in [5, 5.41) is 3.78. The second kappa shape index (κ2) is 6.02. The van der Waals surface area contributed by atoms with Crippen molar-refractivity contribution in [1.29, 1.82) is 0 Å². The Kier molecular flexibility index (Phi) is 5.26. The van der Waals surface area contributed by atoms with Crippen molar-refractivity contribution in [2.45, 2.75) is 71.3 Å². The van der Waals surface area contributed by atoms with Crippen molar-refractivity contribution in [2.24, 2.45) is 11.1 Å². The van der Waals surface area contributed by atoms with Crippen LogP contribution in [-0.4, -0.2) is 18.6 Å². The van der Waals surface area contributed by atoms with E-state index in [1.165, 1.54) is 44.9 Å². The van der Waals surface area contributed by atoms with Crippen LogP contribution in [0.3, 0.4) is 0 Å². The summed E-state index contributed by atoms with van der Waals surface area (Å²) in [5.41, 5.74) is 6.76. The summed E-state index contributed by atoms with van der Waals surface area (Å²) in [6.45, 7) is 8.91. The Morgan fingerprint density at radius 2 is 1.69 bits per heavy atom. The second-order valence-electron chi connectivity index (χ2n) is 5.58. The van der Waals surface area contributed by atoms with E-state index in [1.807, 2.05) is 0 Å². The van der Waals surface area contributed by atoms with Crippen molar-refractivity contribution < 1.29 is 0 Å². The first-order valence-electron chi connectivity index (χ1n) is 7.11. The van der Waals surface area contributed by atoms with Gasteiger partial charge in [-0.25, -0.2) is 0 Å². The number of nitrogens with two attached hydrogens (primary N) is 1. The minimum Gasteiger partial charge on any atom is -0.330 e. The minimum absolute atomic E-state index is 0.375. The van der Waals surface area contributed by atoms with Gasteiger partial charge in [0.2, 0.25) is 0 Å². The standard InChI is InChI=1S/C14H30N2/c1-4-14(5-2,6-3)16-11-10-13(12-15)8-7-9-13/h16H,4-12,15H2,1-3H3. The van der Waals surface area contributed by atoms with Crippen LogP contribution in [0.4, 0.5) is 0 Å². The third kappa shape index (κ3) is 2.98. The van der Waals surface area contributed by atoms with Gasteiger partial charge in [-0.2, -0.15) is 0 Å². The molecule has 16 heavy (non-hydrogen) atoms. The zero-order chi connectivity index (χ0) is 12.1. The van der Waals surface area contributed by atoms with Crippen LogP contribution < -0.4 is 11.1 Å². The average molecular weight is 226 g/mol. The maximum absolute atomic E-state index is 5.89. The van der Waals surface area contributed by atoms with Gasteiger partial charge in [0.05, 0.1) is 0 Å². The van der Waals surface area contributed by atoms with Crippen molar-refractivity contribution in [3.05, 3.63) is 0 Å². The molecule has 3 N–H and O–H groups in total. The van der Waals surface area contributed by atoms with Gasteiger partial charge < -0.3 is 11.1 Å². The summed E-state index contributed by atoms with van der Waals surface area (Å²) in [7, 11) is 0. The van der Waals surface area contributed by atoms with Gasteiger partial charge in [0.15, 0.2) is 0 Å². The maximum Gasteiger partial charge on any atom is 0.0173 e. The predicted octanol–water partition coefficient (Wildman–Crippen LogP) is 3.06. The molecule has 0 radical (unpaired) electrons.